The Kier molecular flexibility index (Phi) is 4.22. The van der Waals surface area contributed by atoms with Crippen LogP contribution in [-0.2, 0) is 13.0 Å². The van der Waals surface area contributed by atoms with Crippen molar-refractivity contribution in [2.24, 2.45) is 0 Å². The Labute approximate surface area is 103 Å². The summed E-state index contributed by atoms with van der Waals surface area (Å²) < 4.78 is 2.26. The maximum absolute atomic E-state index is 8.55. The van der Waals surface area contributed by atoms with Crippen molar-refractivity contribution >= 4 is 0 Å². The molecule has 0 amide bonds. The second-order valence-electron chi connectivity index (χ2n) is 4.83. The van der Waals surface area contributed by atoms with Gasteiger partial charge in [-0.2, -0.15) is 5.26 Å². The molecule has 0 aromatic carbocycles. The van der Waals surface area contributed by atoms with E-state index in [4.69, 9.17) is 5.26 Å². The van der Waals surface area contributed by atoms with Crippen LogP contribution in [0.2, 0.25) is 0 Å². The van der Waals surface area contributed by atoms with Crippen LogP contribution in [0.15, 0.2) is 12.4 Å². The Morgan fingerprint density at radius 1 is 1.47 bits per heavy atom. The molecule has 2 rings (SSSR count). The minimum atomic E-state index is 0.518. The number of hydrogen-bond donors (Lipinski definition) is 1. The lowest BCUT2D eigenvalue weighted by Crippen LogP contribution is -2.15. The minimum Gasteiger partial charge on any atom is -0.354 e. The number of hydrogen-bond acceptors (Lipinski definition) is 2. The average Bonchev–Trinajstić information content (AvgIpc) is 2.64. The molecule has 92 valence electrons. The summed E-state index contributed by atoms with van der Waals surface area (Å²) in [7, 11) is 2.05. The van der Waals surface area contributed by atoms with E-state index >= 15 is 0 Å². The second kappa shape index (κ2) is 5.88. The van der Waals surface area contributed by atoms with Gasteiger partial charge in [0.2, 0.25) is 0 Å². The number of fused-ring (bicyclic) bond motifs is 1. The molecule has 1 aliphatic carbocycles. The topological polar surface area (TPSA) is 40.8 Å². The van der Waals surface area contributed by atoms with Crippen LogP contribution >= 0.6 is 0 Å². The van der Waals surface area contributed by atoms with Crippen LogP contribution in [0.3, 0.4) is 0 Å². The highest BCUT2D eigenvalue weighted by atomic mass is 15.0. The molecule has 1 aromatic heterocycles. The van der Waals surface area contributed by atoms with E-state index in [0.29, 0.717) is 12.5 Å². The molecule has 1 aromatic rings. The van der Waals surface area contributed by atoms with Gasteiger partial charge < -0.3 is 9.88 Å². The lowest BCUT2D eigenvalue weighted by molar-refractivity contribution is 0.529. The normalized spacial score (nSPS) is 19.4. The first-order chi connectivity index (χ1) is 8.35. The molecule has 1 N–H and O–H groups in total. The fraction of sp³-hybridized carbons (Fsp3) is 0.643. The summed E-state index contributed by atoms with van der Waals surface area (Å²) >= 11 is 0. The molecule has 17 heavy (non-hydrogen) atoms. The number of nitrogens with one attached hydrogen (secondary N) is 1. The van der Waals surface area contributed by atoms with Gasteiger partial charge in [0.25, 0.3) is 0 Å². The molecular formula is C14H21N3. The van der Waals surface area contributed by atoms with Crippen molar-refractivity contribution < 1.29 is 0 Å². The fourth-order valence-electron chi connectivity index (χ4n) is 2.69. The lowest BCUT2D eigenvalue weighted by atomic mass is 10.1. The molecule has 1 aliphatic rings. The molecule has 0 bridgehead atoms. The molecule has 0 aliphatic heterocycles. The third kappa shape index (κ3) is 2.89. The number of aryl methyl sites for hydroxylation is 2. The highest BCUT2D eigenvalue weighted by Crippen LogP contribution is 2.29. The van der Waals surface area contributed by atoms with Gasteiger partial charge in [0.15, 0.2) is 0 Å². The van der Waals surface area contributed by atoms with Gasteiger partial charge >= 0.3 is 0 Å². The molecule has 1 unspecified atom stereocenters. The minimum absolute atomic E-state index is 0.518. The molecule has 0 saturated heterocycles. The first-order valence-electron chi connectivity index (χ1n) is 6.58. The lowest BCUT2D eigenvalue weighted by Gasteiger charge is -2.13. The number of unbranched alkanes of at least 4 members (excludes halogenated alkanes) is 1. The summed E-state index contributed by atoms with van der Waals surface area (Å²) in [6, 6.07) is 2.72. The first kappa shape index (κ1) is 12.2. The molecule has 0 radical (unpaired) electrons. The Morgan fingerprint density at radius 3 is 3.12 bits per heavy atom. The third-order valence-electron chi connectivity index (χ3n) is 3.62. The Balaban J connectivity index is 2.10. The monoisotopic (exact) mass is 231 g/mol. The largest absolute Gasteiger partial charge is 0.354 e. The van der Waals surface area contributed by atoms with Crippen molar-refractivity contribution in [3.05, 3.63) is 23.5 Å². The standard InChI is InChI=1S/C14H21N3/c1-16-14-7-3-2-6-12-10-17(11-13(12)14)9-5-4-8-15/h10-11,14,16H,2-7,9H2,1H3. The van der Waals surface area contributed by atoms with Crippen LogP contribution in [0.1, 0.15) is 49.3 Å². The summed E-state index contributed by atoms with van der Waals surface area (Å²) in [6.07, 6.45) is 11.2. The summed E-state index contributed by atoms with van der Waals surface area (Å²) in [5.74, 6) is 0. The fourth-order valence-corrected chi connectivity index (χ4v) is 2.69. The maximum Gasteiger partial charge on any atom is 0.0622 e. The predicted octanol–water partition coefficient (Wildman–Crippen LogP) is 2.78. The van der Waals surface area contributed by atoms with Crippen LogP contribution in [0.25, 0.3) is 0 Å². The number of nitrogens with zero attached hydrogens (tertiary/aromatic N) is 2. The summed E-state index contributed by atoms with van der Waals surface area (Å²) in [6.45, 7) is 0.969. The van der Waals surface area contributed by atoms with Gasteiger partial charge in [-0.15, -0.1) is 0 Å². The predicted molar refractivity (Wildman–Crippen MR) is 68.6 cm³/mol. The van der Waals surface area contributed by atoms with Crippen LogP contribution in [0.4, 0.5) is 0 Å². The molecule has 1 atom stereocenters. The first-order valence-corrected chi connectivity index (χ1v) is 6.58. The summed E-state index contributed by atoms with van der Waals surface area (Å²) in [4.78, 5) is 0. The molecular weight excluding hydrogens is 210 g/mol. The van der Waals surface area contributed by atoms with E-state index < -0.39 is 0 Å². The van der Waals surface area contributed by atoms with Crippen LogP contribution in [0.5, 0.6) is 0 Å². The van der Waals surface area contributed by atoms with Crippen LogP contribution in [-0.4, -0.2) is 11.6 Å². The van der Waals surface area contributed by atoms with E-state index in [-0.39, 0.29) is 0 Å². The van der Waals surface area contributed by atoms with Gasteiger partial charge in [-0.25, -0.2) is 0 Å². The summed E-state index contributed by atoms with van der Waals surface area (Å²) in [5, 5.41) is 12.0. The number of rotatable bonds is 4. The Bertz CT molecular complexity index is 400. The maximum atomic E-state index is 8.55. The van der Waals surface area contributed by atoms with Crippen molar-refractivity contribution in [3.63, 3.8) is 0 Å². The second-order valence-corrected chi connectivity index (χ2v) is 4.83. The average molecular weight is 231 g/mol. The molecule has 0 saturated carbocycles. The molecule has 3 heteroatoms. The molecule has 1 heterocycles. The van der Waals surface area contributed by atoms with Gasteiger partial charge in [0.1, 0.15) is 0 Å². The van der Waals surface area contributed by atoms with Crippen molar-refractivity contribution in [2.45, 2.75) is 51.1 Å². The zero-order valence-corrected chi connectivity index (χ0v) is 10.6. The van der Waals surface area contributed by atoms with E-state index in [1.807, 2.05) is 7.05 Å². The SMILES string of the molecule is CNC1CCCCc2cn(CCCC#N)cc21. The van der Waals surface area contributed by atoms with Gasteiger partial charge in [-0.05, 0) is 43.9 Å². The Hall–Kier alpha value is -1.27. The zero-order valence-electron chi connectivity index (χ0n) is 10.6. The molecule has 3 nitrogen and oxygen atoms in total. The van der Waals surface area contributed by atoms with E-state index in [1.165, 1.54) is 36.8 Å². The number of nitriles is 1. The Morgan fingerprint density at radius 2 is 2.35 bits per heavy atom. The smallest absolute Gasteiger partial charge is 0.0622 e. The highest BCUT2D eigenvalue weighted by Gasteiger charge is 2.18. The van der Waals surface area contributed by atoms with Crippen molar-refractivity contribution in [3.8, 4) is 6.07 Å². The van der Waals surface area contributed by atoms with Crippen molar-refractivity contribution in [1.82, 2.24) is 9.88 Å². The van der Waals surface area contributed by atoms with Gasteiger partial charge in [0.05, 0.1) is 6.07 Å². The van der Waals surface area contributed by atoms with Gasteiger partial charge in [-0.1, -0.05) is 6.42 Å². The molecule has 0 spiro atoms. The van der Waals surface area contributed by atoms with E-state index in [9.17, 15) is 0 Å². The third-order valence-corrected chi connectivity index (χ3v) is 3.62. The van der Waals surface area contributed by atoms with Crippen LogP contribution < -0.4 is 5.32 Å². The summed E-state index contributed by atoms with van der Waals surface area (Å²) in [5.41, 5.74) is 2.97. The quantitative estimate of drug-likeness (QED) is 0.639. The molecule has 0 fully saturated rings. The number of aromatic nitrogens is 1. The van der Waals surface area contributed by atoms with Crippen molar-refractivity contribution in [2.75, 3.05) is 7.05 Å². The zero-order chi connectivity index (χ0) is 12.1. The van der Waals surface area contributed by atoms with Gasteiger partial charge in [0, 0.05) is 31.4 Å². The van der Waals surface area contributed by atoms with E-state index in [1.54, 1.807) is 0 Å². The highest BCUT2D eigenvalue weighted by molar-refractivity contribution is 5.29. The van der Waals surface area contributed by atoms with Crippen molar-refractivity contribution in [1.29, 1.82) is 5.26 Å². The van der Waals surface area contributed by atoms with E-state index in [0.717, 1.165) is 13.0 Å². The van der Waals surface area contributed by atoms with Crippen LogP contribution in [0, 0.1) is 11.3 Å². The van der Waals surface area contributed by atoms with E-state index in [2.05, 4.69) is 28.3 Å². The van der Waals surface area contributed by atoms with Gasteiger partial charge in [-0.3, -0.25) is 0 Å².